The maximum Gasteiger partial charge on any atom is 0.321 e. The number of nitrogens with one attached hydrogen (secondary N) is 1. The molecule has 1 unspecified atom stereocenters. The summed E-state index contributed by atoms with van der Waals surface area (Å²) in [4.78, 5) is 31.2. The van der Waals surface area contributed by atoms with E-state index < -0.39 is 17.2 Å². The van der Waals surface area contributed by atoms with Crippen molar-refractivity contribution in [3.8, 4) is 5.75 Å². The molecule has 34 heavy (non-hydrogen) atoms. The number of nitrogens with zero attached hydrogens (tertiary/aromatic N) is 1. The Labute approximate surface area is 197 Å². The van der Waals surface area contributed by atoms with Crippen molar-refractivity contribution in [3.63, 3.8) is 0 Å². The summed E-state index contributed by atoms with van der Waals surface area (Å²) in [6.07, 6.45) is 2.66. The van der Waals surface area contributed by atoms with Crippen LogP contribution >= 0.6 is 0 Å². The van der Waals surface area contributed by atoms with Crippen molar-refractivity contribution in [2.24, 2.45) is 0 Å². The molecule has 0 aliphatic carbocycles. The predicted octanol–water partition coefficient (Wildman–Crippen LogP) is 4.83. The van der Waals surface area contributed by atoms with E-state index >= 15 is 0 Å². The fraction of sp³-hybridized carbons (Fsp3) is 0.214. The number of ketones is 1. The first-order chi connectivity index (χ1) is 16.4. The second-order valence-corrected chi connectivity index (χ2v) is 8.94. The highest BCUT2D eigenvalue weighted by atomic mass is 16.5. The van der Waals surface area contributed by atoms with Crippen molar-refractivity contribution in [2.75, 3.05) is 18.6 Å². The van der Waals surface area contributed by atoms with Gasteiger partial charge in [-0.05, 0) is 66.9 Å². The largest absolute Gasteiger partial charge is 0.491 e. The molecule has 6 heteroatoms. The van der Waals surface area contributed by atoms with Crippen molar-refractivity contribution >= 4 is 28.3 Å². The van der Waals surface area contributed by atoms with E-state index in [1.54, 1.807) is 48.7 Å². The van der Waals surface area contributed by atoms with Crippen LogP contribution in [0.4, 0.5) is 5.69 Å². The molecule has 0 amide bonds. The van der Waals surface area contributed by atoms with Gasteiger partial charge in [0.05, 0.1) is 6.04 Å². The molecule has 0 saturated heterocycles. The van der Waals surface area contributed by atoms with Crippen LogP contribution in [0.5, 0.6) is 5.75 Å². The molecular weight excluding hydrogens is 428 g/mol. The summed E-state index contributed by atoms with van der Waals surface area (Å²) in [7, 11) is 2.07. The molecule has 0 bridgehead atoms. The lowest BCUT2D eigenvalue weighted by molar-refractivity contribution is -0.141. The number of Topliss-reactive ketones (excluding diaryl/α,β-unsaturated/α-hetero) is 1. The lowest BCUT2D eigenvalue weighted by Crippen LogP contribution is -2.41. The van der Waals surface area contributed by atoms with Gasteiger partial charge in [-0.25, -0.2) is 0 Å². The lowest BCUT2D eigenvalue weighted by Gasteiger charge is -2.25. The molecular formula is C28H26N2O4. The topological polar surface area (TPSA) is 82.6 Å². The van der Waals surface area contributed by atoms with E-state index in [1.165, 1.54) is 18.2 Å². The number of carbonyl (C=O) groups is 2. The molecule has 1 aliphatic rings. The number of aliphatic carboxylic acids is 1. The fourth-order valence-corrected chi connectivity index (χ4v) is 4.83. The maximum absolute atomic E-state index is 13.5. The zero-order valence-electron chi connectivity index (χ0n) is 19.1. The number of carbonyl (C=O) groups excluding carboxylic acids is 1. The number of hydrogen-bond acceptors (Lipinski definition) is 4. The van der Waals surface area contributed by atoms with E-state index in [1.807, 2.05) is 18.2 Å². The number of likely N-dealkylation sites (N-methyl/N-ethyl adjacent to an activating group) is 1. The van der Waals surface area contributed by atoms with Gasteiger partial charge in [-0.2, -0.15) is 0 Å². The fourth-order valence-electron chi connectivity index (χ4n) is 4.83. The molecule has 1 aromatic heterocycles. The Bertz CT molecular complexity index is 1370. The quantitative estimate of drug-likeness (QED) is 0.309. The number of aromatic nitrogens is 1. The standard InChI is InChI=1S/C28H26N2O4/c1-28(27(32)33,23-7-5-8-24-22(23)14-15-29-24)26(31)18-10-12-21(13-11-18)34-17-20-16-19-6-3-4-9-25(19)30(20)2/h3-15,20,29H,16-17H2,1-2H3,(H,32,33)/t20-,28?/m0/s1. The summed E-state index contributed by atoms with van der Waals surface area (Å²) in [5, 5.41) is 10.8. The SMILES string of the molecule is CN1c2ccccc2C[C@H]1COc1ccc(C(=O)C(C)(C(=O)O)c2cccc3[nH]ccc23)cc1. The van der Waals surface area contributed by atoms with Crippen LogP contribution in [0.15, 0.2) is 79.0 Å². The average Bonchev–Trinajstić information content (AvgIpc) is 3.46. The highest BCUT2D eigenvalue weighted by Crippen LogP contribution is 2.35. The number of aromatic amines is 1. The Morgan fingerprint density at radius 3 is 2.56 bits per heavy atom. The molecule has 0 radical (unpaired) electrons. The molecule has 1 aliphatic heterocycles. The van der Waals surface area contributed by atoms with E-state index in [0.717, 1.165) is 17.3 Å². The molecule has 6 nitrogen and oxygen atoms in total. The van der Waals surface area contributed by atoms with Crippen LogP contribution < -0.4 is 9.64 Å². The molecule has 5 rings (SSSR count). The number of carboxylic acid groups (broad SMARTS) is 1. The van der Waals surface area contributed by atoms with Gasteiger partial charge < -0.3 is 19.7 Å². The summed E-state index contributed by atoms with van der Waals surface area (Å²) >= 11 is 0. The van der Waals surface area contributed by atoms with Crippen molar-refractivity contribution < 1.29 is 19.4 Å². The lowest BCUT2D eigenvalue weighted by atomic mass is 9.75. The van der Waals surface area contributed by atoms with Gasteiger partial charge in [-0.1, -0.05) is 30.3 Å². The van der Waals surface area contributed by atoms with Gasteiger partial charge in [0.2, 0.25) is 0 Å². The summed E-state index contributed by atoms with van der Waals surface area (Å²) in [6.45, 7) is 1.98. The zero-order chi connectivity index (χ0) is 23.9. The number of ether oxygens (including phenoxy) is 1. The highest BCUT2D eigenvalue weighted by molar-refractivity contribution is 6.18. The van der Waals surface area contributed by atoms with E-state index in [9.17, 15) is 14.7 Å². The Kier molecular flexibility index (Phi) is 5.36. The average molecular weight is 455 g/mol. The van der Waals surface area contributed by atoms with Gasteiger partial charge in [0.25, 0.3) is 0 Å². The third-order valence-corrected chi connectivity index (χ3v) is 6.95. The second kappa shape index (κ2) is 8.37. The number of H-pyrrole nitrogens is 1. The van der Waals surface area contributed by atoms with E-state index in [-0.39, 0.29) is 6.04 Å². The number of carboxylic acids is 1. The number of para-hydroxylation sites is 1. The van der Waals surface area contributed by atoms with Crippen LogP contribution in [0.25, 0.3) is 10.9 Å². The number of anilines is 1. The number of rotatable bonds is 7. The monoisotopic (exact) mass is 454 g/mol. The minimum Gasteiger partial charge on any atom is -0.491 e. The van der Waals surface area contributed by atoms with Crippen LogP contribution in [0.2, 0.25) is 0 Å². The number of hydrogen-bond donors (Lipinski definition) is 2. The van der Waals surface area contributed by atoms with Gasteiger partial charge in [0.1, 0.15) is 12.4 Å². The molecule has 3 aromatic carbocycles. The minimum absolute atomic E-state index is 0.232. The smallest absolute Gasteiger partial charge is 0.321 e. The Balaban J connectivity index is 1.34. The van der Waals surface area contributed by atoms with Gasteiger partial charge >= 0.3 is 5.97 Å². The number of fused-ring (bicyclic) bond motifs is 2. The summed E-state index contributed by atoms with van der Waals surface area (Å²) in [6, 6.07) is 22.4. The molecule has 0 saturated carbocycles. The molecule has 172 valence electrons. The Morgan fingerprint density at radius 2 is 1.82 bits per heavy atom. The normalized spacial score (nSPS) is 16.8. The van der Waals surface area contributed by atoms with Crippen LogP contribution in [0.3, 0.4) is 0 Å². The summed E-state index contributed by atoms with van der Waals surface area (Å²) in [5.74, 6) is -1.01. The van der Waals surface area contributed by atoms with Crippen molar-refractivity contribution in [3.05, 3.63) is 95.7 Å². The van der Waals surface area contributed by atoms with E-state index in [4.69, 9.17) is 4.74 Å². The Hall–Kier alpha value is -4.06. The third kappa shape index (κ3) is 3.52. The van der Waals surface area contributed by atoms with Gasteiger partial charge in [-0.3, -0.25) is 9.59 Å². The van der Waals surface area contributed by atoms with E-state index in [2.05, 4.69) is 29.1 Å². The van der Waals surface area contributed by atoms with Crippen molar-refractivity contribution in [1.29, 1.82) is 0 Å². The first-order valence-corrected chi connectivity index (χ1v) is 11.3. The zero-order valence-corrected chi connectivity index (χ0v) is 19.1. The molecule has 0 fully saturated rings. The second-order valence-electron chi connectivity index (χ2n) is 8.94. The molecule has 2 atom stereocenters. The van der Waals surface area contributed by atoms with Crippen LogP contribution in [0, 0.1) is 0 Å². The predicted molar refractivity (Wildman–Crippen MR) is 132 cm³/mol. The van der Waals surface area contributed by atoms with Gasteiger partial charge in [0, 0.05) is 35.4 Å². The van der Waals surface area contributed by atoms with Crippen LogP contribution in [-0.4, -0.2) is 41.5 Å². The summed E-state index contributed by atoms with van der Waals surface area (Å²) < 4.78 is 6.02. The molecule has 2 heterocycles. The number of benzene rings is 3. The van der Waals surface area contributed by atoms with E-state index in [0.29, 0.717) is 23.5 Å². The Morgan fingerprint density at radius 1 is 1.06 bits per heavy atom. The van der Waals surface area contributed by atoms with Gasteiger partial charge in [-0.15, -0.1) is 0 Å². The first kappa shape index (κ1) is 21.8. The first-order valence-electron chi connectivity index (χ1n) is 11.3. The maximum atomic E-state index is 13.5. The molecule has 4 aromatic rings. The van der Waals surface area contributed by atoms with Crippen molar-refractivity contribution in [2.45, 2.75) is 24.8 Å². The minimum atomic E-state index is -1.72. The van der Waals surface area contributed by atoms with Crippen LogP contribution in [0.1, 0.15) is 28.4 Å². The summed E-state index contributed by atoms with van der Waals surface area (Å²) in [5.41, 5.74) is 2.40. The van der Waals surface area contributed by atoms with Crippen molar-refractivity contribution in [1.82, 2.24) is 4.98 Å². The molecule has 0 spiro atoms. The third-order valence-electron chi connectivity index (χ3n) is 6.95. The van der Waals surface area contributed by atoms with Gasteiger partial charge in [0.15, 0.2) is 11.2 Å². The highest BCUT2D eigenvalue weighted by Gasteiger charge is 2.44. The van der Waals surface area contributed by atoms with Crippen LogP contribution in [-0.2, 0) is 16.6 Å². The molecule has 2 N–H and O–H groups in total.